The van der Waals surface area contributed by atoms with Crippen LogP contribution in [0.3, 0.4) is 0 Å². The third kappa shape index (κ3) is 6.57. The molecule has 0 aliphatic carbocycles. The van der Waals surface area contributed by atoms with Gasteiger partial charge in [-0.05, 0) is 42.3 Å². The minimum Gasteiger partial charge on any atom is -0.493 e. The van der Waals surface area contributed by atoms with Gasteiger partial charge in [0, 0.05) is 41.0 Å². The molecule has 0 saturated carbocycles. The van der Waals surface area contributed by atoms with Gasteiger partial charge in [-0.1, -0.05) is 12.1 Å². The molecule has 0 N–H and O–H groups in total. The number of ether oxygens (including phenoxy) is 6. The molecule has 0 aromatic heterocycles. The topological polar surface area (TPSA) is 107 Å². The van der Waals surface area contributed by atoms with E-state index in [0.29, 0.717) is 49.2 Å². The van der Waals surface area contributed by atoms with Crippen molar-refractivity contribution in [1.29, 1.82) is 0 Å². The number of carbonyl (C=O) groups excluding carboxylic acids is 1. The fourth-order valence-corrected chi connectivity index (χ4v) is 5.21. The van der Waals surface area contributed by atoms with E-state index < -0.39 is 9.84 Å². The van der Waals surface area contributed by atoms with E-state index in [1.807, 2.05) is 48.5 Å². The van der Waals surface area contributed by atoms with Gasteiger partial charge in [0.2, 0.25) is 6.79 Å². The lowest BCUT2D eigenvalue weighted by atomic mass is 9.98. The maximum atomic E-state index is 11.7. The Balaban J connectivity index is 1.26. The number of hydrogen-bond acceptors (Lipinski definition) is 9. The zero-order valence-electron chi connectivity index (χ0n) is 21.8. The lowest BCUT2D eigenvalue weighted by Crippen LogP contribution is -2.09. The van der Waals surface area contributed by atoms with Gasteiger partial charge < -0.3 is 28.4 Å². The fraction of sp³-hybridized carbons (Fsp3) is 0.345. The molecule has 2 aliphatic rings. The molecule has 0 saturated heterocycles. The Bertz CT molecular complexity index is 1470. The van der Waals surface area contributed by atoms with E-state index in [4.69, 9.17) is 28.4 Å². The van der Waals surface area contributed by atoms with Gasteiger partial charge in [-0.2, -0.15) is 0 Å². The minimum absolute atomic E-state index is 0.0215. The zero-order chi connectivity index (χ0) is 27.4. The van der Waals surface area contributed by atoms with Gasteiger partial charge in [-0.3, -0.25) is 4.79 Å². The third-order valence-electron chi connectivity index (χ3n) is 6.56. The van der Waals surface area contributed by atoms with Crippen molar-refractivity contribution in [1.82, 2.24) is 0 Å². The predicted molar refractivity (Wildman–Crippen MR) is 143 cm³/mol. The van der Waals surface area contributed by atoms with Gasteiger partial charge in [0.1, 0.15) is 45.2 Å². The molecule has 10 heteroatoms. The van der Waals surface area contributed by atoms with Crippen LogP contribution in [0.25, 0.3) is 11.1 Å². The maximum Gasteiger partial charge on any atom is 0.306 e. The second-order valence-electron chi connectivity index (χ2n) is 9.50. The number of esters is 1. The van der Waals surface area contributed by atoms with Gasteiger partial charge in [0.15, 0.2) is 0 Å². The monoisotopic (exact) mass is 554 g/mol. The van der Waals surface area contributed by atoms with Crippen molar-refractivity contribution in [2.24, 2.45) is 0 Å². The molecule has 3 aromatic rings. The Morgan fingerprint density at radius 2 is 1.67 bits per heavy atom. The number of rotatable bonds is 10. The first kappa shape index (κ1) is 26.7. The minimum atomic E-state index is -3.02. The van der Waals surface area contributed by atoms with E-state index >= 15 is 0 Å². The van der Waals surface area contributed by atoms with Gasteiger partial charge in [-0.15, -0.1) is 0 Å². The maximum absolute atomic E-state index is 11.7. The molecular formula is C29H30O9S. The normalized spacial score (nSPS) is 15.4. The summed E-state index contributed by atoms with van der Waals surface area (Å²) in [6.07, 6.45) is 1.91. The summed E-state index contributed by atoms with van der Waals surface area (Å²) in [6.45, 7) is 1.11. The first-order valence-electron chi connectivity index (χ1n) is 12.6. The molecule has 9 nitrogen and oxygen atoms in total. The van der Waals surface area contributed by atoms with Crippen LogP contribution in [0, 0.1) is 0 Å². The molecule has 1 atom stereocenters. The molecule has 0 spiro atoms. The Kier molecular flexibility index (Phi) is 7.83. The first-order chi connectivity index (χ1) is 18.8. The average molecular weight is 555 g/mol. The van der Waals surface area contributed by atoms with Crippen LogP contribution >= 0.6 is 0 Å². The van der Waals surface area contributed by atoms with E-state index in [1.54, 1.807) is 6.07 Å². The van der Waals surface area contributed by atoms with Crippen LogP contribution in [0.2, 0.25) is 0 Å². The van der Waals surface area contributed by atoms with E-state index in [9.17, 15) is 13.2 Å². The summed E-state index contributed by atoms with van der Waals surface area (Å²) in [5.74, 6) is 3.09. The van der Waals surface area contributed by atoms with Gasteiger partial charge >= 0.3 is 5.97 Å². The van der Waals surface area contributed by atoms with Crippen molar-refractivity contribution in [3.63, 3.8) is 0 Å². The predicted octanol–water partition coefficient (Wildman–Crippen LogP) is 4.51. The molecule has 0 radical (unpaired) electrons. The van der Waals surface area contributed by atoms with Gasteiger partial charge in [0.25, 0.3) is 0 Å². The summed E-state index contributed by atoms with van der Waals surface area (Å²) in [5.41, 5.74) is 3.65. The highest BCUT2D eigenvalue weighted by Crippen LogP contribution is 2.42. The molecule has 2 aliphatic heterocycles. The summed E-state index contributed by atoms with van der Waals surface area (Å²) in [5, 5.41) is 0. The largest absolute Gasteiger partial charge is 0.493 e. The summed E-state index contributed by atoms with van der Waals surface area (Å²) in [7, 11) is -1.64. The van der Waals surface area contributed by atoms with Crippen molar-refractivity contribution in [2.45, 2.75) is 25.4 Å². The summed E-state index contributed by atoms with van der Waals surface area (Å²) < 4.78 is 56.6. The van der Waals surface area contributed by atoms with Crippen LogP contribution in [-0.4, -0.2) is 53.5 Å². The Morgan fingerprint density at radius 1 is 0.897 bits per heavy atom. The fourth-order valence-electron chi connectivity index (χ4n) is 4.57. The van der Waals surface area contributed by atoms with E-state index in [1.165, 1.54) is 13.4 Å². The molecular weight excluding hydrogens is 524 g/mol. The number of carbonyl (C=O) groups is 1. The van der Waals surface area contributed by atoms with E-state index in [0.717, 1.165) is 28.0 Å². The molecule has 206 valence electrons. The summed E-state index contributed by atoms with van der Waals surface area (Å²) >= 11 is 0. The number of methoxy groups -OCH3 is 1. The Hall–Kier alpha value is -3.92. The number of fused-ring (bicyclic) bond motifs is 4. The number of benzene rings is 3. The van der Waals surface area contributed by atoms with E-state index in [2.05, 4.69) is 0 Å². The van der Waals surface area contributed by atoms with Crippen LogP contribution in [-0.2, 0) is 26.0 Å². The van der Waals surface area contributed by atoms with Crippen LogP contribution in [0.5, 0.6) is 28.7 Å². The standard InChI is InChI=1S/C29H30O9S/c1-33-29(30)13-20-17-36-27-15-22(5-7-23(20)27)35-16-19-4-9-26-25(12-19)24-8-6-21(14-28(24)38-18-37-26)34-10-3-11-39(2,31)32/h4-9,12,14-15,20H,3,10-11,13,16-18H2,1-2H3/t20-/m1/s1. The number of sulfone groups is 1. The zero-order valence-corrected chi connectivity index (χ0v) is 22.6. The Morgan fingerprint density at radius 3 is 2.49 bits per heavy atom. The highest BCUT2D eigenvalue weighted by molar-refractivity contribution is 7.90. The molecule has 0 bridgehead atoms. The van der Waals surface area contributed by atoms with Crippen LogP contribution in [0.15, 0.2) is 54.6 Å². The first-order valence-corrected chi connectivity index (χ1v) is 14.6. The Labute approximate surface area is 227 Å². The van der Waals surface area contributed by atoms with Gasteiger partial charge in [-0.25, -0.2) is 8.42 Å². The number of hydrogen-bond donors (Lipinski definition) is 0. The van der Waals surface area contributed by atoms with Crippen molar-refractivity contribution >= 4 is 15.8 Å². The quantitative estimate of drug-likeness (QED) is 0.264. The molecule has 0 fully saturated rings. The van der Waals surface area contributed by atoms with Crippen molar-refractivity contribution in [3.05, 3.63) is 65.7 Å². The highest BCUT2D eigenvalue weighted by Gasteiger charge is 2.27. The molecule has 0 amide bonds. The van der Waals surface area contributed by atoms with Crippen LogP contribution in [0.1, 0.15) is 29.9 Å². The van der Waals surface area contributed by atoms with Crippen molar-refractivity contribution < 1.29 is 41.6 Å². The molecule has 2 heterocycles. The summed E-state index contributed by atoms with van der Waals surface area (Å²) in [6, 6.07) is 17.0. The highest BCUT2D eigenvalue weighted by atomic mass is 32.2. The van der Waals surface area contributed by atoms with E-state index in [-0.39, 0.29) is 30.9 Å². The lowest BCUT2D eigenvalue weighted by molar-refractivity contribution is -0.141. The smallest absolute Gasteiger partial charge is 0.306 e. The third-order valence-corrected chi connectivity index (χ3v) is 7.59. The average Bonchev–Trinajstić information content (AvgIpc) is 3.22. The summed E-state index contributed by atoms with van der Waals surface area (Å²) in [4.78, 5) is 11.7. The van der Waals surface area contributed by atoms with Crippen LogP contribution in [0.4, 0.5) is 0 Å². The van der Waals surface area contributed by atoms with Gasteiger partial charge in [0.05, 0.1) is 32.5 Å². The molecule has 3 aromatic carbocycles. The molecule has 5 rings (SSSR count). The SMILES string of the molecule is COC(=O)C[C@@H]1COc2cc(OCc3ccc4c(c3)-c3ccc(OCCCS(C)(=O)=O)cc3OCO4)ccc21. The molecule has 0 unspecified atom stereocenters. The van der Waals surface area contributed by atoms with Crippen molar-refractivity contribution in [2.75, 3.05) is 39.1 Å². The lowest BCUT2D eigenvalue weighted by Gasteiger charge is -2.13. The van der Waals surface area contributed by atoms with Crippen LogP contribution < -0.4 is 23.7 Å². The van der Waals surface area contributed by atoms with Crippen molar-refractivity contribution in [3.8, 4) is 39.9 Å². The molecule has 39 heavy (non-hydrogen) atoms. The second kappa shape index (κ2) is 11.4. The second-order valence-corrected chi connectivity index (χ2v) is 11.8.